The quantitative estimate of drug-likeness (QED) is 0.769. The van der Waals surface area contributed by atoms with Gasteiger partial charge >= 0.3 is 0 Å². The fourth-order valence-corrected chi connectivity index (χ4v) is 3.46. The molecule has 0 amide bonds. The van der Waals surface area contributed by atoms with Crippen LogP contribution in [0.5, 0.6) is 0 Å². The summed E-state index contributed by atoms with van der Waals surface area (Å²) in [6.45, 7) is 2.42. The molecule has 1 aromatic heterocycles. The zero-order valence-corrected chi connectivity index (χ0v) is 12.2. The molecule has 4 heterocycles. The summed E-state index contributed by atoms with van der Waals surface area (Å²) >= 11 is 0. The molecule has 1 atom stereocenters. The Morgan fingerprint density at radius 3 is 2.43 bits per heavy atom. The lowest BCUT2D eigenvalue weighted by Crippen LogP contribution is -2.33. The van der Waals surface area contributed by atoms with Gasteiger partial charge in [0.15, 0.2) is 0 Å². The Morgan fingerprint density at radius 1 is 0.905 bits per heavy atom. The molecule has 2 nitrogen and oxygen atoms in total. The highest BCUT2D eigenvalue weighted by Crippen LogP contribution is 2.33. The van der Waals surface area contributed by atoms with Crippen LogP contribution in [0.15, 0.2) is 60.8 Å². The van der Waals surface area contributed by atoms with Crippen LogP contribution in [0.2, 0.25) is 0 Å². The molecular weight excluding hydrogens is 256 g/mol. The molecule has 1 saturated heterocycles. The zero-order valence-electron chi connectivity index (χ0n) is 12.2. The predicted molar refractivity (Wildman–Crippen MR) is 85.9 cm³/mol. The van der Waals surface area contributed by atoms with Crippen molar-refractivity contribution < 1.29 is 0 Å². The van der Waals surface area contributed by atoms with Crippen LogP contribution in [0.3, 0.4) is 0 Å². The number of aromatic nitrogens is 1. The second kappa shape index (κ2) is 5.45. The Balaban J connectivity index is 1.62. The molecule has 0 spiro atoms. The number of nitrogens with zero attached hydrogens (tertiary/aromatic N) is 2. The maximum Gasteiger partial charge on any atom is 0.0702 e. The van der Waals surface area contributed by atoms with Crippen LogP contribution >= 0.6 is 0 Å². The number of rotatable bonds is 2. The fraction of sp³-hybridized carbons (Fsp3) is 0.316. The van der Waals surface area contributed by atoms with Crippen molar-refractivity contribution in [3.05, 3.63) is 66.4 Å². The summed E-state index contributed by atoms with van der Waals surface area (Å²) in [5.41, 5.74) is 3.55. The molecule has 1 fully saturated rings. The summed E-state index contributed by atoms with van der Waals surface area (Å²) in [6.07, 6.45) is 9.47. The lowest BCUT2D eigenvalue weighted by Gasteiger charge is -2.32. The highest BCUT2D eigenvalue weighted by atomic mass is 15.2. The van der Waals surface area contributed by atoms with Gasteiger partial charge in [0.05, 0.1) is 11.7 Å². The van der Waals surface area contributed by atoms with E-state index in [9.17, 15) is 0 Å². The summed E-state index contributed by atoms with van der Waals surface area (Å²) in [5, 5.41) is 0. The third-order valence-corrected chi connectivity index (χ3v) is 4.73. The first-order valence-electron chi connectivity index (χ1n) is 7.84. The standard InChI is InChI=1S/C19H20N2/c1-2-4-16(5-3-1)18-8-7-17(14-20-18)19-9-6-15-10-12-21(19)13-11-15/h1-9,14-15,19H,10-13H2. The van der Waals surface area contributed by atoms with Crippen LogP contribution in [-0.4, -0.2) is 23.0 Å². The SMILES string of the molecule is C1=CC(c2ccc(-c3ccccc3)nc2)N2CCC1CC2. The fourth-order valence-electron chi connectivity index (χ4n) is 3.46. The van der Waals surface area contributed by atoms with E-state index >= 15 is 0 Å². The third-order valence-electron chi connectivity index (χ3n) is 4.73. The van der Waals surface area contributed by atoms with Gasteiger partial charge < -0.3 is 0 Å². The van der Waals surface area contributed by atoms with Crippen molar-refractivity contribution in [1.29, 1.82) is 0 Å². The molecule has 3 aliphatic heterocycles. The molecule has 2 heteroatoms. The summed E-state index contributed by atoms with van der Waals surface area (Å²) < 4.78 is 0. The van der Waals surface area contributed by atoms with Gasteiger partial charge in [0.2, 0.25) is 0 Å². The molecule has 2 aromatic rings. The van der Waals surface area contributed by atoms with Gasteiger partial charge in [-0.1, -0.05) is 48.6 Å². The van der Waals surface area contributed by atoms with E-state index in [0.717, 1.165) is 11.6 Å². The summed E-state index contributed by atoms with van der Waals surface area (Å²) in [7, 11) is 0. The van der Waals surface area contributed by atoms with E-state index in [1.807, 2.05) is 6.07 Å². The van der Waals surface area contributed by atoms with Crippen molar-refractivity contribution in [2.75, 3.05) is 13.1 Å². The topological polar surface area (TPSA) is 16.1 Å². The van der Waals surface area contributed by atoms with Crippen LogP contribution in [0.25, 0.3) is 11.3 Å². The number of allylic oxidation sites excluding steroid dienone is 1. The normalized spacial score (nSPS) is 27.5. The third kappa shape index (κ3) is 2.52. The van der Waals surface area contributed by atoms with Crippen molar-refractivity contribution in [3.63, 3.8) is 0 Å². The molecule has 1 unspecified atom stereocenters. The molecule has 0 saturated carbocycles. The lowest BCUT2D eigenvalue weighted by molar-refractivity contribution is 0.183. The van der Waals surface area contributed by atoms with E-state index in [-0.39, 0.29) is 0 Å². The highest BCUT2D eigenvalue weighted by molar-refractivity contribution is 5.58. The van der Waals surface area contributed by atoms with Gasteiger partial charge in [-0.3, -0.25) is 9.88 Å². The predicted octanol–water partition coefficient (Wildman–Crippen LogP) is 4.07. The van der Waals surface area contributed by atoms with Crippen LogP contribution in [-0.2, 0) is 0 Å². The van der Waals surface area contributed by atoms with Crippen molar-refractivity contribution in [1.82, 2.24) is 9.88 Å². The van der Waals surface area contributed by atoms with E-state index in [1.54, 1.807) is 0 Å². The van der Waals surface area contributed by atoms with Gasteiger partial charge in [0.1, 0.15) is 0 Å². The van der Waals surface area contributed by atoms with Crippen LogP contribution in [0.4, 0.5) is 0 Å². The second-order valence-corrected chi connectivity index (χ2v) is 6.05. The number of pyridine rings is 1. The molecule has 106 valence electrons. The minimum atomic E-state index is 0.412. The first-order chi connectivity index (χ1) is 10.4. The number of fused-ring (bicyclic) bond motifs is 3. The highest BCUT2D eigenvalue weighted by Gasteiger charge is 2.27. The average Bonchev–Trinajstić information content (AvgIpc) is 2.90. The molecule has 0 aliphatic carbocycles. The molecule has 1 aromatic carbocycles. The smallest absolute Gasteiger partial charge is 0.0702 e. The van der Waals surface area contributed by atoms with Crippen LogP contribution in [0, 0.1) is 5.92 Å². The van der Waals surface area contributed by atoms with Gasteiger partial charge in [0, 0.05) is 11.8 Å². The maximum atomic E-state index is 4.68. The van der Waals surface area contributed by atoms with Crippen molar-refractivity contribution in [2.24, 2.45) is 5.92 Å². The Morgan fingerprint density at radius 2 is 1.71 bits per heavy atom. The molecule has 0 radical (unpaired) electrons. The summed E-state index contributed by atoms with van der Waals surface area (Å²) in [6, 6.07) is 15.2. The molecule has 21 heavy (non-hydrogen) atoms. The van der Waals surface area contributed by atoms with Crippen molar-refractivity contribution in [2.45, 2.75) is 18.9 Å². The van der Waals surface area contributed by atoms with Crippen LogP contribution < -0.4 is 0 Å². The minimum Gasteiger partial charge on any atom is -0.293 e. The number of hydrogen-bond acceptors (Lipinski definition) is 2. The zero-order chi connectivity index (χ0) is 14.1. The van der Waals surface area contributed by atoms with E-state index < -0.39 is 0 Å². The van der Waals surface area contributed by atoms with Gasteiger partial charge in [-0.15, -0.1) is 0 Å². The number of piperidine rings is 1. The van der Waals surface area contributed by atoms with E-state index in [2.05, 4.69) is 64.6 Å². The lowest BCUT2D eigenvalue weighted by atomic mass is 9.99. The van der Waals surface area contributed by atoms with Crippen LogP contribution in [0.1, 0.15) is 24.4 Å². The molecule has 0 N–H and O–H groups in total. The number of hydrogen-bond donors (Lipinski definition) is 0. The summed E-state index contributed by atoms with van der Waals surface area (Å²) in [4.78, 5) is 7.26. The average molecular weight is 276 g/mol. The Kier molecular flexibility index (Phi) is 3.32. The van der Waals surface area contributed by atoms with E-state index in [1.165, 1.54) is 37.1 Å². The number of benzene rings is 1. The Labute approximate surface area is 126 Å². The second-order valence-electron chi connectivity index (χ2n) is 6.05. The molecule has 5 rings (SSSR count). The first kappa shape index (κ1) is 12.8. The molecular formula is C19H20N2. The van der Waals surface area contributed by atoms with Crippen molar-refractivity contribution in [3.8, 4) is 11.3 Å². The van der Waals surface area contributed by atoms with Gasteiger partial charge in [-0.25, -0.2) is 0 Å². The van der Waals surface area contributed by atoms with E-state index in [4.69, 9.17) is 0 Å². The maximum absolute atomic E-state index is 4.68. The Hall–Kier alpha value is -1.93. The minimum absolute atomic E-state index is 0.412. The molecule has 3 aliphatic rings. The van der Waals surface area contributed by atoms with Gasteiger partial charge in [-0.05, 0) is 43.5 Å². The first-order valence-corrected chi connectivity index (χ1v) is 7.84. The summed E-state index contributed by atoms with van der Waals surface area (Å²) in [5.74, 6) is 0.794. The van der Waals surface area contributed by atoms with Gasteiger partial charge in [0.25, 0.3) is 0 Å². The Bertz CT molecular complexity index is 622. The van der Waals surface area contributed by atoms with Gasteiger partial charge in [-0.2, -0.15) is 0 Å². The largest absolute Gasteiger partial charge is 0.293 e. The van der Waals surface area contributed by atoms with Crippen molar-refractivity contribution >= 4 is 0 Å². The monoisotopic (exact) mass is 276 g/mol. The van der Waals surface area contributed by atoms with E-state index in [0.29, 0.717) is 6.04 Å². The molecule has 2 bridgehead atoms.